The Bertz CT molecular complexity index is 443. The molecule has 0 aliphatic carbocycles. The number of carbonyl (C=O) groups excluding carboxylic acids is 1. The molecule has 3 nitrogen and oxygen atoms in total. The van der Waals surface area contributed by atoms with Crippen LogP contribution in [-0.4, -0.2) is 12.6 Å². The van der Waals surface area contributed by atoms with E-state index in [9.17, 15) is 4.79 Å². The summed E-state index contributed by atoms with van der Waals surface area (Å²) in [5.41, 5.74) is 0.827. The Hall–Kier alpha value is -1.35. The minimum Gasteiger partial charge on any atom is -0.462 e. The standard InChI is InChI=1S/C12H10INO2/c1-2-16-12(15)10(8-14)7-9-3-5-11(13)6-4-9/h3-7H,2H2,1H3/b10-7+. The molecule has 82 valence electrons. The highest BCUT2D eigenvalue weighted by Gasteiger charge is 2.09. The van der Waals surface area contributed by atoms with Crippen LogP contribution in [-0.2, 0) is 9.53 Å². The molecular formula is C12H10INO2. The SMILES string of the molecule is CCOC(=O)/C(C#N)=C/c1ccc(I)cc1. The number of ether oxygens (including phenoxy) is 1. The monoisotopic (exact) mass is 327 g/mol. The molecule has 1 rings (SSSR count). The fraction of sp³-hybridized carbons (Fsp3) is 0.167. The molecule has 0 spiro atoms. The average Bonchev–Trinajstić information content (AvgIpc) is 2.28. The van der Waals surface area contributed by atoms with Gasteiger partial charge in [-0.15, -0.1) is 0 Å². The molecule has 0 radical (unpaired) electrons. The molecule has 0 aromatic heterocycles. The Kier molecular flexibility index (Phi) is 4.99. The van der Waals surface area contributed by atoms with E-state index in [1.165, 1.54) is 6.08 Å². The van der Waals surface area contributed by atoms with Crippen LogP contribution in [0.4, 0.5) is 0 Å². The molecule has 0 atom stereocenters. The Morgan fingerprint density at radius 1 is 1.50 bits per heavy atom. The summed E-state index contributed by atoms with van der Waals surface area (Å²) >= 11 is 2.19. The molecule has 0 bridgehead atoms. The van der Waals surface area contributed by atoms with Crippen LogP contribution in [0.15, 0.2) is 29.8 Å². The van der Waals surface area contributed by atoms with E-state index in [1.807, 2.05) is 30.3 Å². The third-order valence-corrected chi connectivity index (χ3v) is 2.52. The average molecular weight is 327 g/mol. The van der Waals surface area contributed by atoms with Crippen molar-refractivity contribution in [3.8, 4) is 6.07 Å². The second-order valence-electron chi connectivity index (χ2n) is 2.94. The smallest absolute Gasteiger partial charge is 0.348 e. The largest absolute Gasteiger partial charge is 0.462 e. The Labute approximate surface area is 108 Å². The summed E-state index contributed by atoms with van der Waals surface area (Å²) in [6, 6.07) is 9.34. The zero-order valence-corrected chi connectivity index (χ0v) is 10.9. The van der Waals surface area contributed by atoms with Crippen LogP contribution in [0.1, 0.15) is 12.5 Å². The second-order valence-corrected chi connectivity index (χ2v) is 4.19. The molecule has 0 aliphatic rings. The Morgan fingerprint density at radius 3 is 2.62 bits per heavy atom. The van der Waals surface area contributed by atoms with E-state index in [2.05, 4.69) is 22.6 Å². The van der Waals surface area contributed by atoms with Gasteiger partial charge in [-0.05, 0) is 53.3 Å². The second kappa shape index (κ2) is 6.28. The fourth-order valence-corrected chi connectivity index (χ4v) is 1.43. The maximum Gasteiger partial charge on any atom is 0.348 e. The summed E-state index contributed by atoms with van der Waals surface area (Å²) in [6.07, 6.45) is 1.52. The predicted octanol–water partition coefficient (Wildman–Crippen LogP) is 2.76. The number of hydrogen-bond donors (Lipinski definition) is 0. The van der Waals surface area contributed by atoms with Gasteiger partial charge in [0.15, 0.2) is 0 Å². The van der Waals surface area contributed by atoms with Gasteiger partial charge >= 0.3 is 5.97 Å². The number of halogens is 1. The number of benzene rings is 1. The van der Waals surface area contributed by atoms with Gasteiger partial charge in [0.1, 0.15) is 11.6 Å². The molecular weight excluding hydrogens is 317 g/mol. The molecule has 16 heavy (non-hydrogen) atoms. The van der Waals surface area contributed by atoms with Crippen molar-refractivity contribution < 1.29 is 9.53 Å². The summed E-state index contributed by atoms with van der Waals surface area (Å²) in [7, 11) is 0. The van der Waals surface area contributed by atoms with Crippen molar-refractivity contribution in [3.63, 3.8) is 0 Å². The summed E-state index contributed by atoms with van der Waals surface area (Å²) in [5, 5.41) is 8.82. The Morgan fingerprint density at radius 2 is 2.12 bits per heavy atom. The number of esters is 1. The van der Waals surface area contributed by atoms with Crippen LogP contribution < -0.4 is 0 Å². The number of carbonyl (C=O) groups is 1. The van der Waals surface area contributed by atoms with Gasteiger partial charge in [-0.25, -0.2) is 4.79 Å². The van der Waals surface area contributed by atoms with E-state index >= 15 is 0 Å². The van der Waals surface area contributed by atoms with Gasteiger partial charge in [-0.3, -0.25) is 0 Å². The van der Waals surface area contributed by atoms with Crippen molar-refractivity contribution in [1.82, 2.24) is 0 Å². The number of hydrogen-bond acceptors (Lipinski definition) is 3. The molecule has 0 fully saturated rings. The lowest BCUT2D eigenvalue weighted by molar-refractivity contribution is -0.137. The lowest BCUT2D eigenvalue weighted by atomic mass is 10.1. The van der Waals surface area contributed by atoms with E-state index in [-0.39, 0.29) is 12.2 Å². The van der Waals surface area contributed by atoms with Crippen molar-refractivity contribution >= 4 is 34.6 Å². The minimum atomic E-state index is -0.580. The molecule has 0 saturated heterocycles. The topological polar surface area (TPSA) is 50.1 Å². The van der Waals surface area contributed by atoms with E-state index in [4.69, 9.17) is 10.00 Å². The van der Waals surface area contributed by atoms with Crippen LogP contribution in [0.5, 0.6) is 0 Å². The highest BCUT2D eigenvalue weighted by molar-refractivity contribution is 14.1. The van der Waals surface area contributed by atoms with Gasteiger partial charge in [0.05, 0.1) is 6.61 Å². The van der Waals surface area contributed by atoms with Crippen LogP contribution in [0.3, 0.4) is 0 Å². The maximum absolute atomic E-state index is 11.3. The molecule has 0 aliphatic heterocycles. The quantitative estimate of drug-likeness (QED) is 0.371. The summed E-state index contributed by atoms with van der Waals surface area (Å²) in [6.45, 7) is 1.97. The van der Waals surface area contributed by atoms with Gasteiger partial charge in [0.25, 0.3) is 0 Å². The van der Waals surface area contributed by atoms with Gasteiger partial charge < -0.3 is 4.74 Å². The zero-order chi connectivity index (χ0) is 12.0. The summed E-state index contributed by atoms with van der Waals surface area (Å²) in [5.74, 6) is -0.580. The highest BCUT2D eigenvalue weighted by atomic mass is 127. The molecule has 0 saturated carbocycles. The van der Waals surface area contributed by atoms with Crippen molar-refractivity contribution in [2.24, 2.45) is 0 Å². The summed E-state index contributed by atoms with van der Waals surface area (Å²) < 4.78 is 5.86. The van der Waals surface area contributed by atoms with E-state index in [0.717, 1.165) is 9.13 Å². The molecule has 0 heterocycles. The zero-order valence-electron chi connectivity index (χ0n) is 8.74. The summed E-state index contributed by atoms with van der Waals surface area (Å²) in [4.78, 5) is 11.3. The van der Waals surface area contributed by atoms with Crippen molar-refractivity contribution in [3.05, 3.63) is 39.0 Å². The van der Waals surface area contributed by atoms with Crippen LogP contribution in [0.2, 0.25) is 0 Å². The van der Waals surface area contributed by atoms with E-state index < -0.39 is 5.97 Å². The fourth-order valence-electron chi connectivity index (χ4n) is 1.07. The third kappa shape index (κ3) is 3.66. The van der Waals surface area contributed by atoms with Gasteiger partial charge in [-0.1, -0.05) is 12.1 Å². The normalized spacial score (nSPS) is 10.7. The van der Waals surface area contributed by atoms with Crippen molar-refractivity contribution in [1.29, 1.82) is 5.26 Å². The number of nitrogens with zero attached hydrogens (tertiary/aromatic N) is 1. The number of rotatable bonds is 3. The van der Waals surface area contributed by atoms with Crippen LogP contribution >= 0.6 is 22.6 Å². The van der Waals surface area contributed by atoms with E-state index in [1.54, 1.807) is 6.92 Å². The van der Waals surface area contributed by atoms with Gasteiger partial charge in [0, 0.05) is 3.57 Å². The first kappa shape index (κ1) is 12.7. The van der Waals surface area contributed by atoms with Crippen molar-refractivity contribution in [2.45, 2.75) is 6.92 Å². The molecule has 1 aromatic carbocycles. The first-order valence-electron chi connectivity index (χ1n) is 4.72. The first-order chi connectivity index (χ1) is 7.67. The van der Waals surface area contributed by atoms with Crippen LogP contribution in [0.25, 0.3) is 6.08 Å². The minimum absolute atomic E-state index is 0.0167. The van der Waals surface area contributed by atoms with E-state index in [0.29, 0.717) is 0 Å². The molecule has 0 N–H and O–H groups in total. The van der Waals surface area contributed by atoms with Crippen LogP contribution in [0, 0.1) is 14.9 Å². The molecule has 4 heteroatoms. The Balaban J connectivity index is 2.92. The lowest BCUT2D eigenvalue weighted by Crippen LogP contribution is -2.05. The highest BCUT2D eigenvalue weighted by Crippen LogP contribution is 2.11. The maximum atomic E-state index is 11.3. The van der Waals surface area contributed by atoms with Gasteiger partial charge in [-0.2, -0.15) is 5.26 Å². The predicted molar refractivity (Wildman–Crippen MR) is 69.4 cm³/mol. The van der Waals surface area contributed by atoms with Crippen molar-refractivity contribution in [2.75, 3.05) is 6.61 Å². The third-order valence-electron chi connectivity index (χ3n) is 1.80. The number of nitriles is 1. The van der Waals surface area contributed by atoms with Gasteiger partial charge in [0.2, 0.25) is 0 Å². The molecule has 0 amide bonds. The molecule has 0 unspecified atom stereocenters. The lowest BCUT2D eigenvalue weighted by Gasteiger charge is -1.99. The first-order valence-corrected chi connectivity index (χ1v) is 5.79. The molecule has 1 aromatic rings.